The fraction of sp³-hybridized carbons (Fsp3) is 0.929. The fourth-order valence-electron chi connectivity index (χ4n) is 1.80. The molecular formula is C14H30N2OS. The van der Waals surface area contributed by atoms with Gasteiger partial charge in [-0.1, -0.05) is 34.1 Å². The monoisotopic (exact) mass is 274 g/mol. The molecule has 0 rings (SSSR count). The van der Waals surface area contributed by atoms with E-state index in [1.165, 1.54) is 0 Å². The molecule has 0 saturated heterocycles. The van der Waals surface area contributed by atoms with Crippen LogP contribution in [0.3, 0.4) is 0 Å². The van der Waals surface area contributed by atoms with Gasteiger partial charge in [-0.2, -0.15) is 0 Å². The molecule has 0 fully saturated rings. The van der Waals surface area contributed by atoms with Gasteiger partial charge in [0.05, 0.1) is 6.04 Å². The van der Waals surface area contributed by atoms with Crippen LogP contribution in [0.25, 0.3) is 0 Å². The summed E-state index contributed by atoms with van der Waals surface area (Å²) < 4.78 is 0. The first-order chi connectivity index (χ1) is 8.49. The number of hydrogen-bond donors (Lipinski definition) is 2. The maximum absolute atomic E-state index is 12.0. The summed E-state index contributed by atoms with van der Waals surface area (Å²) in [5.41, 5.74) is 0. The van der Waals surface area contributed by atoms with Gasteiger partial charge in [-0.05, 0) is 25.6 Å². The highest BCUT2D eigenvalue weighted by molar-refractivity contribution is 7.98. The van der Waals surface area contributed by atoms with E-state index in [4.69, 9.17) is 0 Å². The minimum Gasteiger partial charge on any atom is -0.315 e. The van der Waals surface area contributed by atoms with E-state index in [9.17, 15) is 4.79 Å². The Labute approximate surface area is 117 Å². The summed E-state index contributed by atoms with van der Waals surface area (Å²) in [6.07, 6.45) is 5.25. The molecular weight excluding hydrogens is 244 g/mol. The second kappa shape index (κ2) is 10.8. The van der Waals surface area contributed by atoms with Gasteiger partial charge in [-0.3, -0.25) is 10.1 Å². The lowest BCUT2D eigenvalue weighted by Crippen LogP contribution is -2.39. The number of carbonyl (C=O) groups is 1. The van der Waals surface area contributed by atoms with Crippen molar-refractivity contribution in [3.05, 3.63) is 0 Å². The van der Waals surface area contributed by atoms with Gasteiger partial charge >= 0.3 is 0 Å². The van der Waals surface area contributed by atoms with E-state index in [-0.39, 0.29) is 12.0 Å². The fourth-order valence-corrected chi connectivity index (χ4v) is 2.16. The van der Waals surface area contributed by atoms with Crippen molar-refractivity contribution in [3.8, 4) is 0 Å². The zero-order valence-corrected chi connectivity index (χ0v) is 13.4. The predicted octanol–water partition coefficient (Wildman–Crippen LogP) is 2.66. The summed E-state index contributed by atoms with van der Waals surface area (Å²) >= 11 is 1.73. The molecule has 0 aliphatic rings. The SMILES string of the molecule is CSCNC(CCCCNC(C)C)C(=O)C(C)C. The van der Waals surface area contributed by atoms with Crippen LogP contribution in [-0.2, 0) is 4.79 Å². The average molecular weight is 274 g/mol. The molecule has 18 heavy (non-hydrogen) atoms. The van der Waals surface area contributed by atoms with Gasteiger partial charge in [-0.15, -0.1) is 11.8 Å². The van der Waals surface area contributed by atoms with E-state index in [1.807, 2.05) is 13.8 Å². The molecule has 0 bridgehead atoms. The third kappa shape index (κ3) is 8.95. The van der Waals surface area contributed by atoms with E-state index >= 15 is 0 Å². The topological polar surface area (TPSA) is 41.1 Å². The predicted molar refractivity (Wildman–Crippen MR) is 82.1 cm³/mol. The molecule has 0 radical (unpaired) electrons. The lowest BCUT2D eigenvalue weighted by molar-refractivity contribution is -0.124. The van der Waals surface area contributed by atoms with Gasteiger partial charge in [0.1, 0.15) is 0 Å². The highest BCUT2D eigenvalue weighted by Crippen LogP contribution is 2.08. The molecule has 0 heterocycles. The average Bonchev–Trinajstić information content (AvgIpc) is 2.31. The molecule has 0 aliphatic carbocycles. The molecule has 1 atom stereocenters. The Hall–Kier alpha value is -0.0600. The summed E-state index contributed by atoms with van der Waals surface area (Å²) in [5, 5.41) is 6.75. The van der Waals surface area contributed by atoms with E-state index in [0.717, 1.165) is 31.7 Å². The van der Waals surface area contributed by atoms with Gasteiger partial charge in [0.15, 0.2) is 5.78 Å². The second-order valence-electron chi connectivity index (χ2n) is 5.35. The number of unbranched alkanes of at least 4 members (excludes halogenated alkanes) is 1. The Balaban J connectivity index is 3.90. The molecule has 2 N–H and O–H groups in total. The third-order valence-corrected chi connectivity index (χ3v) is 3.31. The van der Waals surface area contributed by atoms with Crippen molar-refractivity contribution in [2.75, 3.05) is 18.7 Å². The van der Waals surface area contributed by atoms with Crippen LogP contribution in [0, 0.1) is 5.92 Å². The van der Waals surface area contributed by atoms with E-state index < -0.39 is 0 Å². The molecule has 0 aromatic carbocycles. The molecule has 0 amide bonds. The number of Topliss-reactive ketones (excluding diaryl/α,β-unsaturated/α-hetero) is 1. The summed E-state index contributed by atoms with van der Waals surface area (Å²) in [4.78, 5) is 12.0. The van der Waals surface area contributed by atoms with Gasteiger partial charge in [-0.25, -0.2) is 0 Å². The zero-order valence-electron chi connectivity index (χ0n) is 12.6. The first-order valence-corrected chi connectivity index (χ1v) is 8.37. The molecule has 4 heteroatoms. The van der Waals surface area contributed by atoms with Crippen molar-refractivity contribution in [1.29, 1.82) is 0 Å². The Morgan fingerprint density at radius 2 is 1.78 bits per heavy atom. The van der Waals surface area contributed by atoms with Crippen LogP contribution in [0.4, 0.5) is 0 Å². The molecule has 108 valence electrons. The van der Waals surface area contributed by atoms with E-state index in [1.54, 1.807) is 11.8 Å². The van der Waals surface area contributed by atoms with Crippen molar-refractivity contribution >= 4 is 17.5 Å². The summed E-state index contributed by atoms with van der Waals surface area (Å²) in [6.45, 7) is 9.33. The smallest absolute Gasteiger partial charge is 0.152 e. The maximum Gasteiger partial charge on any atom is 0.152 e. The number of rotatable bonds is 11. The van der Waals surface area contributed by atoms with Crippen LogP contribution >= 0.6 is 11.8 Å². The number of nitrogens with one attached hydrogen (secondary N) is 2. The molecule has 1 unspecified atom stereocenters. The van der Waals surface area contributed by atoms with Crippen LogP contribution in [0.1, 0.15) is 47.0 Å². The molecule has 0 aromatic heterocycles. The first kappa shape index (κ1) is 17.9. The van der Waals surface area contributed by atoms with Crippen molar-refractivity contribution in [2.24, 2.45) is 5.92 Å². The van der Waals surface area contributed by atoms with Crippen LogP contribution in [0.5, 0.6) is 0 Å². The Kier molecular flexibility index (Phi) is 10.8. The van der Waals surface area contributed by atoms with Gasteiger partial charge in [0.25, 0.3) is 0 Å². The molecule has 0 aliphatic heterocycles. The maximum atomic E-state index is 12.0. The zero-order chi connectivity index (χ0) is 14.0. The molecule has 0 aromatic rings. The lowest BCUT2D eigenvalue weighted by atomic mass is 9.97. The minimum absolute atomic E-state index is 0.0384. The highest BCUT2D eigenvalue weighted by atomic mass is 32.2. The Morgan fingerprint density at radius 1 is 1.11 bits per heavy atom. The van der Waals surface area contributed by atoms with Crippen molar-refractivity contribution in [2.45, 2.75) is 59.0 Å². The van der Waals surface area contributed by atoms with Crippen LogP contribution in [0.15, 0.2) is 0 Å². The number of hydrogen-bond acceptors (Lipinski definition) is 4. The molecule has 3 nitrogen and oxygen atoms in total. The first-order valence-electron chi connectivity index (χ1n) is 6.98. The summed E-state index contributed by atoms with van der Waals surface area (Å²) in [5.74, 6) is 1.33. The van der Waals surface area contributed by atoms with Crippen LogP contribution < -0.4 is 10.6 Å². The highest BCUT2D eigenvalue weighted by Gasteiger charge is 2.19. The Bertz CT molecular complexity index is 220. The second-order valence-corrected chi connectivity index (χ2v) is 6.22. The van der Waals surface area contributed by atoms with E-state index in [2.05, 4.69) is 30.7 Å². The van der Waals surface area contributed by atoms with Gasteiger partial charge in [0.2, 0.25) is 0 Å². The molecule has 0 saturated carbocycles. The standard InChI is InChI=1S/C14H30N2OS/c1-11(2)14(17)13(16-10-18-5)8-6-7-9-15-12(3)4/h11-13,15-16H,6-10H2,1-5H3. The quantitative estimate of drug-likeness (QED) is 0.449. The van der Waals surface area contributed by atoms with E-state index in [0.29, 0.717) is 11.8 Å². The Morgan fingerprint density at radius 3 is 2.28 bits per heavy atom. The number of ketones is 1. The molecule has 0 spiro atoms. The summed E-state index contributed by atoms with van der Waals surface area (Å²) in [6, 6.07) is 0.587. The largest absolute Gasteiger partial charge is 0.315 e. The third-order valence-electron chi connectivity index (χ3n) is 2.86. The lowest BCUT2D eigenvalue weighted by Gasteiger charge is -2.19. The van der Waals surface area contributed by atoms with Gasteiger partial charge < -0.3 is 5.32 Å². The number of thioether (sulfide) groups is 1. The van der Waals surface area contributed by atoms with Crippen molar-refractivity contribution in [3.63, 3.8) is 0 Å². The van der Waals surface area contributed by atoms with Crippen molar-refractivity contribution in [1.82, 2.24) is 10.6 Å². The van der Waals surface area contributed by atoms with Crippen LogP contribution in [-0.4, -0.2) is 36.5 Å². The summed E-state index contributed by atoms with van der Waals surface area (Å²) in [7, 11) is 0. The normalized spacial score (nSPS) is 13.3. The van der Waals surface area contributed by atoms with Crippen molar-refractivity contribution < 1.29 is 4.79 Å². The van der Waals surface area contributed by atoms with Gasteiger partial charge in [0, 0.05) is 17.8 Å². The number of carbonyl (C=O) groups excluding carboxylic acids is 1. The minimum atomic E-state index is 0.0384. The van der Waals surface area contributed by atoms with Crippen LogP contribution in [0.2, 0.25) is 0 Å².